The molecule has 1 N–H and O–H groups in total. The van der Waals surface area contributed by atoms with E-state index in [4.69, 9.17) is 4.42 Å². The minimum Gasteiger partial charge on any atom is -0.463 e. The van der Waals surface area contributed by atoms with Crippen molar-refractivity contribution >= 4 is 0 Å². The highest BCUT2D eigenvalue weighted by molar-refractivity contribution is 5.07. The quantitative estimate of drug-likeness (QED) is 0.885. The predicted octanol–water partition coefficient (Wildman–Crippen LogP) is 3.26. The summed E-state index contributed by atoms with van der Waals surface area (Å²) >= 11 is 0. The maximum atomic E-state index is 5.89. The molecule has 0 aromatic carbocycles. The number of piperidine rings is 1. The molecule has 0 amide bonds. The van der Waals surface area contributed by atoms with E-state index in [0.29, 0.717) is 6.04 Å². The van der Waals surface area contributed by atoms with Crippen LogP contribution in [0.1, 0.15) is 45.6 Å². The van der Waals surface area contributed by atoms with Gasteiger partial charge in [-0.2, -0.15) is 0 Å². The zero-order valence-electron chi connectivity index (χ0n) is 12.8. The molecule has 0 radical (unpaired) electrons. The van der Waals surface area contributed by atoms with E-state index in [2.05, 4.69) is 50.0 Å². The first kappa shape index (κ1) is 14.6. The molecule has 0 saturated carbocycles. The SMILES string of the molecule is CC(C)NCc1ccc(CN2CCC(C)C(C)C2)o1. The van der Waals surface area contributed by atoms with Crippen molar-refractivity contribution in [1.82, 2.24) is 10.2 Å². The van der Waals surface area contributed by atoms with Gasteiger partial charge in [-0.05, 0) is 36.9 Å². The molecule has 2 unspecified atom stereocenters. The van der Waals surface area contributed by atoms with Crippen LogP contribution < -0.4 is 5.32 Å². The summed E-state index contributed by atoms with van der Waals surface area (Å²) < 4.78 is 5.89. The molecule has 1 aromatic rings. The smallest absolute Gasteiger partial charge is 0.118 e. The average molecular weight is 264 g/mol. The average Bonchev–Trinajstić information content (AvgIpc) is 2.79. The Bertz CT molecular complexity index is 386. The van der Waals surface area contributed by atoms with Crippen molar-refractivity contribution in [2.24, 2.45) is 11.8 Å². The van der Waals surface area contributed by atoms with Gasteiger partial charge in [0.05, 0.1) is 13.1 Å². The van der Waals surface area contributed by atoms with Crippen molar-refractivity contribution < 1.29 is 4.42 Å². The van der Waals surface area contributed by atoms with Gasteiger partial charge < -0.3 is 9.73 Å². The number of hydrogen-bond acceptors (Lipinski definition) is 3. The molecule has 0 spiro atoms. The number of furan rings is 1. The normalized spacial score (nSPS) is 25.1. The number of likely N-dealkylation sites (tertiary alicyclic amines) is 1. The highest BCUT2D eigenvalue weighted by Gasteiger charge is 2.23. The van der Waals surface area contributed by atoms with Crippen molar-refractivity contribution in [3.8, 4) is 0 Å². The standard InChI is InChI=1S/C16H28N2O/c1-12(2)17-9-15-5-6-16(19-15)11-18-8-7-13(3)14(4)10-18/h5-6,12-14,17H,7-11H2,1-4H3. The predicted molar refractivity (Wildman–Crippen MR) is 78.9 cm³/mol. The summed E-state index contributed by atoms with van der Waals surface area (Å²) in [6.07, 6.45) is 1.31. The first-order valence-corrected chi connectivity index (χ1v) is 7.58. The van der Waals surface area contributed by atoms with E-state index in [-0.39, 0.29) is 0 Å². The van der Waals surface area contributed by atoms with Gasteiger partial charge in [0.2, 0.25) is 0 Å². The number of nitrogens with zero attached hydrogens (tertiary/aromatic N) is 1. The van der Waals surface area contributed by atoms with Gasteiger partial charge in [-0.1, -0.05) is 27.7 Å². The van der Waals surface area contributed by atoms with E-state index in [1.807, 2.05) is 0 Å². The lowest BCUT2D eigenvalue weighted by Gasteiger charge is -2.34. The molecule has 2 rings (SSSR count). The van der Waals surface area contributed by atoms with Gasteiger partial charge >= 0.3 is 0 Å². The molecule has 0 bridgehead atoms. The van der Waals surface area contributed by atoms with Crippen LogP contribution in [0, 0.1) is 11.8 Å². The summed E-state index contributed by atoms with van der Waals surface area (Å²) in [5, 5.41) is 3.38. The van der Waals surface area contributed by atoms with Crippen LogP contribution in [0.5, 0.6) is 0 Å². The summed E-state index contributed by atoms with van der Waals surface area (Å²) in [6.45, 7) is 13.2. The van der Waals surface area contributed by atoms with Gasteiger partial charge in [0.15, 0.2) is 0 Å². The summed E-state index contributed by atoms with van der Waals surface area (Å²) in [5.74, 6) is 3.80. The molecule has 0 aliphatic carbocycles. The Morgan fingerprint density at radius 2 is 2.00 bits per heavy atom. The topological polar surface area (TPSA) is 28.4 Å². The van der Waals surface area contributed by atoms with Crippen LogP contribution in [0.25, 0.3) is 0 Å². The molecule has 3 nitrogen and oxygen atoms in total. The Hall–Kier alpha value is -0.800. The van der Waals surface area contributed by atoms with Crippen LogP contribution in [0.2, 0.25) is 0 Å². The second-order valence-corrected chi connectivity index (χ2v) is 6.38. The second kappa shape index (κ2) is 6.58. The molecular formula is C16H28N2O. The molecule has 3 heteroatoms. The van der Waals surface area contributed by atoms with Crippen LogP contribution >= 0.6 is 0 Å². The van der Waals surface area contributed by atoms with Gasteiger partial charge in [-0.15, -0.1) is 0 Å². The molecule has 1 saturated heterocycles. The Kier molecular flexibility index (Phi) is 5.06. The number of hydrogen-bond donors (Lipinski definition) is 1. The number of nitrogens with one attached hydrogen (secondary N) is 1. The van der Waals surface area contributed by atoms with Crippen molar-refractivity contribution in [3.63, 3.8) is 0 Å². The Labute approximate surface area is 117 Å². The van der Waals surface area contributed by atoms with Crippen molar-refractivity contribution in [3.05, 3.63) is 23.7 Å². The van der Waals surface area contributed by atoms with E-state index in [1.165, 1.54) is 19.5 Å². The molecule has 1 fully saturated rings. The van der Waals surface area contributed by atoms with Crippen LogP contribution in [-0.2, 0) is 13.1 Å². The molecule has 2 heterocycles. The molecule has 2 atom stereocenters. The third-order valence-electron chi connectivity index (χ3n) is 4.20. The second-order valence-electron chi connectivity index (χ2n) is 6.38. The van der Waals surface area contributed by atoms with Gasteiger partial charge in [0.1, 0.15) is 11.5 Å². The molecule has 1 aliphatic rings. The van der Waals surface area contributed by atoms with Gasteiger partial charge in [0, 0.05) is 12.6 Å². The van der Waals surface area contributed by atoms with Crippen LogP contribution in [0.15, 0.2) is 16.5 Å². The fourth-order valence-electron chi connectivity index (χ4n) is 2.62. The monoisotopic (exact) mass is 264 g/mol. The fourth-order valence-corrected chi connectivity index (χ4v) is 2.62. The summed E-state index contributed by atoms with van der Waals surface area (Å²) in [4.78, 5) is 2.52. The van der Waals surface area contributed by atoms with E-state index in [1.54, 1.807) is 0 Å². The first-order valence-electron chi connectivity index (χ1n) is 7.58. The summed E-state index contributed by atoms with van der Waals surface area (Å²) in [6, 6.07) is 4.72. The zero-order valence-corrected chi connectivity index (χ0v) is 12.8. The van der Waals surface area contributed by atoms with E-state index >= 15 is 0 Å². The third-order valence-corrected chi connectivity index (χ3v) is 4.20. The van der Waals surface area contributed by atoms with Gasteiger partial charge in [0.25, 0.3) is 0 Å². The van der Waals surface area contributed by atoms with E-state index < -0.39 is 0 Å². The highest BCUT2D eigenvalue weighted by atomic mass is 16.3. The van der Waals surface area contributed by atoms with Crippen LogP contribution in [-0.4, -0.2) is 24.0 Å². The minimum absolute atomic E-state index is 0.498. The first-order chi connectivity index (χ1) is 9.04. The van der Waals surface area contributed by atoms with Crippen LogP contribution in [0.4, 0.5) is 0 Å². The largest absolute Gasteiger partial charge is 0.463 e. The molecule has 1 aliphatic heterocycles. The fraction of sp³-hybridized carbons (Fsp3) is 0.750. The highest BCUT2D eigenvalue weighted by Crippen LogP contribution is 2.24. The lowest BCUT2D eigenvalue weighted by atomic mass is 9.89. The van der Waals surface area contributed by atoms with Crippen molar-refractivity contribution in [1.29, 1.82) is 0 Å². The van der Waals surface area contributed by atoms with E-state index in [9.17, 15) is 0 Å². The Balaban J connectivity index is 1.83. The minimum atomic E-state index is 0.498. The van der Waals surface area contributed by atoms with Crippen LogP contribution in [0.3, 0.4) is 0 Å². The van der Waals surface area contributed by atoms with Crippen molar-refractivity contribution in [2.75, 3.05) is 13.1 Å². The Morgan fingerprint density at radius 3 is 2.68 bits per heavy atom. The lowest BCUT2D eigenvalue weighted by molar-refractivity contribution is 0.124. The molecule has 108 valence electrons. The van der Waals surface area contributed by atoms with Gasteiger partial charge in [-0.3, -0.25) is 4.90 Å². The maximum Gasteiger partial charge on any atom is 0.118 e. The zero-order chi connectivity index (χ0) is 13.8. The van der Waals surface area contributed by atoms with Crippen molar-refractivity contribution in [2.45, 2.75) is 53.2 Å². The van der Waals surface area contributed by atoms with E-state index in [0.717, 1.165) is 36.4 Å². The number of rotatable bonds is 5. The Morgan fingerprint density at radius 1 is 1.26 bits per heavy atom. The summed E-state index contributed by atoms with van der Waals surface area (Å²) in [7, 11) is 0. The molecular weight excluding hydrogens is 236 g/mol. The lowest BCUT2D eigenvalue weighted by Crippen LogP contribution is -2.37. The molecule has 1 aromatic heterocycles. The third kappa shape index (κ3) is 4.36. The molecule has 19 heavy (non-hydrogen) atoms. The summed E-state index contributed by atoms with van der Waals surface area (Å²) in [5.41, 5.74) is 0. The maximum absolute atomic E-state index is 5.89. The van der Waals surface area contributed by atoms with Gasteiger partial charge in [-0.25, -0.2) is 0 Å².